The van der Waals surface area contributed by atoms with Crippen LogP contribution in [0.25, 0.3) is 11.4 Å². The van der Waals surface area contributed by atoms with E-state index in [4.69, 9.17) is 4.52 Å². The largest absolute Gasteiger partial charge is 0.339 e. The van der Waals surface area contributed by atoms with E-state index in [0.29, 0.717) is 29.5 Å². The van der Waals surface area contributed by atoms with E-state index < -0.39 is 6.03 Å². The van der Waals surface area contributed by atoms with Gasteiger partial charge in [-0.3, -0.25) is 15.0 Å². The van der Waals surface area contributed by atoms with E-state index in [0.717, 1.165) is 30.5 Å². The molecule has 1 atom stereocenters. The summed E-state index contributed by atoms with van der Waals surface area (Å²) in [4.78, 5) is 31.1. The van der Waals surface area contributed by atoms with Crippen molar-refractivity contribution in [3.8, 4) is 11.4 Å². The summed E-state index contributed by atoms with van der Waals surface area (Å²) < 4.78 is 18.6. The molecule has 2 heterocycles. The lowest BCUT2D eigenvalue weighted by Gasteiger charge is -2.30. The molecule has 4 rings (SSSR count). The number of anilines is 1. The fraction of sp³-hybridized carbons (Fsp3) is 0.333. The summed E-state index contributed by atoms with van der Waals surface area (Å²) in [6.07, 6.45) is 1.72. The van der Waals surface area contributed by atoms with E-state index in [9.17, 15) is 14.0 Å². The molecular formula is C24H26FN5O3. The summed E-state index contributed by atoms with van der Waals surface area (Å²) in [5.41, 5.74) is 3.36. The van der Waals surface area contributed by atoms with Crippen molar-refractivity contribution >= 4 is 17.6 Å². The summed E-state index contributed by atoms with van der Waals surface area (Å²) in [5, 5.41) is 9.12. The van der Waals surface area contributed by atoms with Crippen molar-refractivity contribution in [3.05, 3.63) is 65.3 Å². The molecular weight excluding hydrogens is 425 g/mol. The number of halogens is 1. The monoisotopic (exact) mass is 451 g/mol. The zero-order valence-corrected chi connectivity index (χ0v) is 18.6. The predicted molar refractivity (Wildman–Crippen MR) is 121 cm³/mol. The van der Waals surface area contributed by atoms with Gasteiger partial charge in [-0.1, -0.05) is 22.9 Å². The number of nitrogens with one attached hydrogen (secondary N) is 2. The molecule has 1 aliphatic rings. The van der Waals surface area contributed by atoms with Gasteiger partial charge in [-0.05, 0) is 69.1 Å². The molecule has 1 unspecified atom stereocenters. The number of rotatable bonds is 5. The van der Waals surface area contributed by atoms with E-state index in [2.05, 4.69) is 20.8 Å². The highest BCUT2D eigenvalue weighted by Crippen LogP contribution is 2.27. The Morgan fingerprint density at radius 2 is 1.97 bits per heavy atom. The number of aromatic nitrogens is 2. The lowest BCUT2D eigenvalue weighted by Crippen LogP contribution is -2.44. The standard InChI is InChI=1S/C24H26FN5O3/c1-15-5-10-20(16(2)12-15)26-24(32)27-21(31)14-30-11-3-4-18(13-30)23-28-22(29-33-23)17-6-8-19(25)9-7-17/h5-10,12,18H,3-4,11,13-14H2,1-2H3,(H2,26,27,31,32). The molecule has 1 saturated heterocycles. The number of hydrogen-bond donors (Lipinski definition) is 2. The van der Waals surface area contributed by atoms with Gasteiger partial charge in [0, 0.05) is 17.8 Å². The highest BCUT2D eigenvalue weighted by Gasteiger charge is 2.27. The van der Waals surface area contributed by atoms with Gasteiger partial charge in [0.05, 0.1) is 12.5 Å². The first-order valence-corrected chi connectivity index (χ1v) is 10.9. The number of piperidine rings is 1. The molecule has 0 saturated carbocycles. The maximum atomic E-state index is 13.1. The van der Waals surface area contributed by atoms with Crippen LogP contribution in [0.1, 0.15) is 35.8 Å². The average molecular weight is 452 g/mol. The fourth-order valence-corrected chi connectivity index (χ4v) is 3.99. The molecule has 8 nitrogen and oxygen atoms in total. The molecule has 172 valence electrons. The Kier molecular flexibility index (Phi) is 6.79. The van der Waals surface area contributed by atoms with E-state index >= 15 is 0 Å². The van der Waals surface area contributed by atoms with Crippen molar-refractivity contribution in [1.82, 2.24) is 20.4 Å². The van der Waals surface area contributed by atoms with Gasteiger partial charge < -0.3 is 9.84 Å². The Labute approximate surface area is 191 Å². The fourth-order valence-electron chi connectivity index (χ4n) is 3.99. The van der Waals surface area contributed by atoms with Crippen molar-refractivity contribution < 1.29 is 18.5 Å². The van der Waals surface area contributed by atoms with Crippen LogP contribution in [0.3, 0.4) is 0 Å². The van der Waals surface area contributed by atoms with E-state index in [1.807, 2.05) is 36.9 Å². The summed E-state index contributed by atoms with van der Waals surface area (Å²) >= 11 is 0. The molecule has 3 amide bonds. The lowest BCUT2D eigenvalue weighted by molar-refractivity contribution is -0.121. The van der Waals surface area contributed by atoms with Crippen molar-refractivity contribution in [3.63, 3.8) is 0 Å². The molecule has 2 aromatic carbocycles. The Hall–Kier alpha value is -3.59. The van der Waals surface area contributed by atoms with Crippen molar-refractivity contribution in [1.29, 1.82) is 0 Å². The van der Waals surface area contributed by atoms with Crippen LogP contribution < -0.4 is 10.6 Å². The van der Waals surface area contributed by atoms with Crippen LogP contribution in [0.2, 0.25) is 0 Å². The maximum absolute atomic E-state index is 13.1. The van der Waals surface area contributed by atoms with Gasteiger partial charge in [0.15, 0.2) is 0 Å². The van der Waals surface area contributed by atoms with E-state index in [1.165, 1.54) is 12.1 Å². The number of carbonyl (C=O) groups is 2. The Morgan fingerprint density at radius 3 is 2.73 bits per heavy atom. The quantitative estimate of drug-likeness (QED) is 0.608. The smallest absolute Gasteiger partial charge is 0.325 e. The van der Waals surface area contributed by atoms with Gasteiger partial charge in [0.2, 0.25) is 17.6 Å². The number of urea groups is 1. The number of imide groups is 1. The molecule has 0 aliphatic carbocycles. The molecule has 33 heavy (non-hydrogen) atoms. The van der Waals surface area contributed by atoms with Crippen LogP contribution >= 0.6 is 0 Å². The third-order valence-electron chi connectivity index (χ3n) is 5.65. The predicted octanol–water partition coefficient (Wildman–Crippen LogP) is 4.02. The van der Waals surface area contributed by atoms with E-state index in [1.54, 1.807) is 12.1 Å². The summed E-state index contributed by atoms with van der Waals surface area (Å²) in [6, 6.07) is 11.0. The van der Waals surface area contributed by atoms with Crippen LogP contribution in [-0.4, -0.2) is 46.6 Å². The topological polar surface area (TPSA) is 100 Å². The number of carbonyl (C=O) groups excluding carboxylic acids is 2. The minimum absolute atomic E-state index is 0.0164. The lowest BCUT2D eigenvalue weighted by atomic mass is 9.98. The molecule has 1 aliphatic heterocycles. The summed E-state index contributed by atoms with van der Waals surface area (Å²) in [5.74, 6) is 0.175. The minimum atomic E-state index is -0.554. The van der Waals surface area contributed by atoms with Gasteiger partial charge in [-0.15, -0.1) is 0 Å². The molecule has 0 radical (unpaired) electrons. The van der Waals surface area contributed by atoms with Gasteiger partial charge in [-0.2, -0.15) is 4.98 Å². The molecule has 0 bridgehead atoms. The second kappa shape index (κ2) is 9.91. The zero-order valence-electron chi connectivity index (χ0n) is 18.6. The second-order valence-electron chi connectivity index (χ2n) is 8.36. The molecule has 3 aromatic rings. The number of nitrogens with zero attached hydrogens (tertiary/aromatic N) is 3. The Bertz CT molecular complexity index is 1150. The van der Waals surface area contributed by atoms with Gasteiger partial charge in [-0.25, -0.2) is 9.18 Å². The van der Waals surface area contributed by atoms with Crippen molar-refractivity contribution in [2.24, 2.45) is 0 Å². The maximum Gasteiger partial charge on any atom is 0.325 e. The third-order valence-corrected chi connectivity index (χ3v) is 5.65. The second-order valence-corrected chi connectivity index (χ2v) is 8.36. The first-order chi connectivity index (χ1) is 15.9. The number of aryl methyl sites for hydroxylation is 2. The van der Waals surface area contributed by atoms with Crippen molar-refractivity contribution in [2.75, 3.05) is 25.0 Å². The van der Waals surface area contributed by atoms with Crippen LogP contribution in [0, 0.1) is 19.7 Å². The summed E-state index contributed by atoms with van der Waals surface area (Å²) in [7, 11) is 0. The van der Waals surface area contributed by atoms with Crippen LogP contribution in [0.5, 0.6) is 0 Å². The minimum Gasteiger partial charge on any atom is -0.339 e. The zero-order chi connectivity index (χ0) is 23.4. The third kappa shape index (κ3) is 5.81. The SMILES string of the molecule is Cc1ccc(NC(=O)NC(=O)CN2CCCC(c3nc(-c4ccc(F)cc4)no3)C2)c(C)c1. The Morgan fingerprint density at radius 1 is 1.18 bits per heavy atom. The molecule has 0 spiro atoms. The van der Waals surface area contributed by atoms with Crippen LogP contribution in [-0.2, 0) is 4.79 Å². The first kappa shape index (κ1) is 22.6. The molecule has 2 N–H and O–H groups in total. The number of benzene rings is 2. The molecule has 1 fully saturated rings. The number of likely N-dealkylation sites (tertiary alicyclic amines) is 1. The van der Waals surface area contributed by atoms with Gasteiger partial charge >= 0.3 is 6.03 Å². The van der Waals surface area contributed by atoms with Gasteiger partial charge in [0.25, 0.3) is 0 Å². The average Bonchev–Trinajstić information content (AvgIpc) is 3.27. The van der Waals surface area contributed by atoms with Crippen LogP contribution in [0.4, 0.5) is 14.9 Å². The highest BCUT2D eigenvalue weighted by atomic mass is 19.1. The summed E-state index contributed by atoms with van der Waals surface area (Å²) in [6.45, 7) is 5.27. The Balaban J connectivity index is 1.31. The first-order valence-electron chi connectivity index (χ1n) is 10.9. The highest BCUT2D eigenvalue weighted by molar-refractivity contribution is 6.02. The van der Waals surface area contributed by atoms with Crippen LogP contribution in [0.15, 0.2) is 47.0 Å². The van der Waals surface area contributed by atoms with E-state index in [-0.39, 0.29) is 24.2 Å². The van der Waals surface area contributed by atoms with Gasteiger partial charge in [0.1, 0.15) is 5.82 Å². The molecule has 1 aromatic heterocycles. The number of amides is 3. The number of hydrogen-bond acceptors (Lipinski definition) is 6. The molecule has 9 heteroatoms. The van der Waals surface area contributed by atoms with Crippen molar-refractivity contribution in [2.45, 2.75) is 32.6 Å². The normalized spacial score (nSPS) is 16.4.